The average Bonchev–Trinajstić information content (AvgIpc) is 2.85. The number of amides is 1. The Balaban J connectivity index is 1.71. The first-order valence-corrected chi connectivity index (χ1v) is 9.83. The molecule has 1 aromatic heterocycles. The van der Waals surface area contributed by atoms with Crippen molar-refractivity contribution in [3.05, 3.63) is 47.3 Å². The van der Waals surface area contributed by atoms with Crippen molar-refractivity contribution in [3.8, 4) is 0 Å². The molecule has 7 nitrogen and oxygen atoms in total. The van der Waals surface area contributed by atoms with Gasteiger partial charge in [-0.05, 0) is 44.5 Å². The van der Waals surface area contributed by atoms with Crippen LogP contribution in [0.25, 0.3) is 0 Å². The van der Waals surface area contributed by atoms with E-state index in [-0.39, 0.29) is 23.5 Å². The lowest BCUT2D eigenvalue weighted by molar-refractivity contribution is 0.0941. The normalized spacial score (nSPS) is 18.7. The Bertz CT molecular complexity index is 892. The Hall–Kier alpha value is -2.48. The van der Waals surface area contributed by atoms with Crippen LogP contribution in [0.15, 0.2) is 30.3 Å². The van der Waals surface area contributed by atoms with E-state index in [0.717, 1.165) is 11.4 Å². The lowest BCUT2D eigenvalue weighted by Gasteiger charge is -2.12. The van der Waals surface area contributed by atoms with Crippen molar-refractivity contribution in [2.75, 3.05) is 16.8 Å². The van der Waals surface area contributed by atoms with Crippen LogP contribution >= 0.6 is 0 Å². The van der Waals surface area contributed by atoms with Gasteiger partial charge >= 0.3 is 0 Å². The molecule has 2 aromatic rings. The number of aromatic nitrogens is 2. The van der Waals surface area contributed by atoms with Crippen molar-refractivity contribution >= 4 is 27.4 Å². The smallest absolute Gasteiger partial charge is 0.251 e. The Morgan fingerprint density at radius 2 is 1.88 bits per heavy atom. The van der Waals surface area contributed by atoms with Gasteiger partial charge in [0.2, 0.25) is 5.95 Å². The summed E-state index contributed by atoms with van der Waals surface area (Å²) in [5, 5.41) is 5.87. The molecule has 0 spiro atoms. The average molecular weight is 360 g/mol. The van der Waals surface area contributed by atoms with E-state index < -0.39 is 9.84 Å². The van der Waals surface area contributed by atoms with Crippen molar-refractivity contribution < 1.29 is 13.2 Å². The molecule has 25 heavy (non-hydrogen) atoms. The molecule has 1 aromatic carbocycles. The van der Waals surface area contributed by atoms with Crippen molar-refractivity contribution in [3.63, 3.8) is 0 Å². The van der Waals surface area contributed by atoms with E-state index in [1.54, 1.807) is 18.2 Å². The number of benzene rings is 1. The van der Waals surface area contributed by atoms with Crippen LogP contribution in [0.2, 0.25) is 0 Å². The minimum absolute atomic E-state index is 0.00703. The molecule has 1 aliphatic rings. The quantitative estimate of drug-likeness (QED) is 0.861. The summed E-state index contributed by atoms with van der Waals surface area (Å²) in [5.74, 6) is 0.320. The summed E-state index contributed by atoms with van der Waals surface area (Å²) < 4.78 is 23.0. The first kappa shape index (κ1) is 17.3. The Morgan fingerprint density at radius 1 is 1.16 bits per heavy atom. The third-order valence-corrected chi connectivity index (χ3v) is 5.70. The monoisotopic (exact) mass is 360 g/mol. The Labute approximate surface area is 146 Å². The van der Waals surface area contributed by atoms with E-state index in [1.807, 2.05) is 26.0 Å². The SMILES string of the molecule is Cc1cc(C)nc(Nc2cccc(C(=O)NC3CCS(=O)(=O)C3)c2)n1. The highest BCUT2D eigenvalue weighted by atomic mass is 32.2. The minimum Gasteiger partial charge on any atom is -0.348 e. The number of hydrogen-bond donors (Lipinski definition) is 2. The molecule has 1 fully saturated rings. The van der Waals surface area contributed by atoms with Crippen LogP contribution in [0.1, 0.15) is 28.2 Å². The molecule has 1 aliphatic heterocycles. The Morgan fingerprint density at radius 3 is 2.52 bits per heavy atom. The fourth-order valence-electron chi connectivity index (χ4n) is 2.83. The van der Waals surface area contributed by atoms with Gasteiger partial charge in [0, 0.05) is 28.7 Å². The summed E-state index contributed by atoms with van der Waals surface area (Å²) in [6, 6.07) is 8.51. The molecule has 2 heterocycles. The van der Waals surface area contributed by atoms with Crippen LogP contribution in [0.4, 0.5) is 11.6 Å². The summed E-state index contributed by atoms with van der Waals surface area (Å²) >= 11 is 0. The first-order valence-electron chi connectivity index (χ1n) is 8.01. The number of nitrogens with zero attached hydrogens (tertiary/aromatic N) is 2. The molecule has 2 N–H and O–H groups in total. The van der Waals surface area contributed by atoms with E-state index in [0.29, 0.717) is 23.6 Å². The fourth-order valence-corrected chi connectivity index (χ4v) is 4.50. The molecule has 8 heteroatoms. The van der Waals surface area contributed by atoms with E-state index in [9.17, 15) is 13.2 Å². The largest absolute Gasteiger partial charge is 0.348 e. The number of nitrogens with one attached hydrogen (secondary N) is 2. The van der Waals surface area contributed by atoms with Gasteiger partial charge < -0.3 is 10.6 Å². The predicted molar refractivity (Wildman–Crippen MR) is 95.8 cm³/mol. The third kappa shape index (κ3) is 4.54. The van der Waals surface area contributed by atoms with Gasteiger partial charge in [-0.1, -0.05) is 6.07 Å². The summed E-state index contributed by atoms with van der Waals surface area (Å²) in [7, 11) is -3.02. The lowest BCUT2D eigenvalue weighted by Crippen LogP contribution is -2.35. The van der Waals surface area contributed by atoms with Crippen LogP contribution in [0, 0.1) is 13.8 Å². The van der Waals surface area contributed by atoms with E-state index in [2.05, 4.69) is 20.6 Å². The van der Waals surface area contributed by atoms with Crippen molar-refractivity contribution in [2.24, 2.45) is 0 Å². The van der Waals surface area contributed by atoms with Crippen LogP contribution < -0.4 is 10.6 Å². The van der Waals surface area contributed by atoms with Gasteiger partial charge in [-0.2, -0.15) is 0 Å². The van der Waals surface area contributed by atoms with Gasteiger partial charge in [0.15, 0.2) is 9.84 Å². The lowest BCUT2D eigenvalue weighted by atomic mass is 10.1. The number of aryl methyl sites for hydroxylation is 2. The second-order valence-corrected chi connectivity index (χ2v) is 8.48. The number of sulfone groups is 1. The predicted octanol–water partition coefficient (Wildman–Crippen LogP) is 1.75. The van der Waals surface area contributed by atoms with Gasteiger partial charge in [-0.15, -0.1) is 0 Å². The summed E-state index contributed by atoms with van der Waals surface area (Å²) in [5.41, 5.74) is 2.85. The maximum atomic E-state index is 12.4. The highest BCUT2D eigenvalue weighted by Crippen LogP contribution is 2.17. The van der Waals surface area contributed by atoms with Gasteiger partial charge in [0.05, 0.1) is 11.5 Å². The standard InChI is InChI=1S/C17H20N4O3S/c1-11-8-12(2)19-17(18-11)21-14-5-3-4-13(9-14)16(22)20-15-6-7-25(23,24)10-15/h3-5,8-9,15H,6-7,10H2,1-2H3,(H,20,22)(H,18,19,21). The van der Waals surface area contributed by atoms with Crippen LogP contribution in [0.3, 0.4) is 0 Å². The third-order valence-electron chi connectivity index (χ3n) is 3.93. The molecule has 0 radical (unpaired) electrons. The van der Waals surface area contributed by atoms with Crippen LogP contribution in [0.5, 0.6) is 0 Å². The van der Waals surface area contributed by atoms with E-state index in [1.165, 1.54) is 0 Å². The molecule has 1 unspecified atom stereocenters. The highest BCUT2D eigenvalue weighted by molar-refractivity contribution is 7.91. The first-order chi connectivity index (χ1) is 11.8. The molecule has 1 saturated heterocycles. The topological polar surface area (TPSA) is 101 Å². The zero-order chi connectivity index (χ0) is 18.0. The molecule has 0 aliphatic carbocycles. The summed E-state index contributed by atoms with van der Waals surface area (Å²) in [6.45, 7) is 3.78. The molecular formula is C17H20N4O3S. The number of anilines is 2. The van der Waals surface area contributed by atoms with Crippen LogP contribution in [-0.4, -0.2) is 41.8 Å². The van der Waals surface area contributed by atoms with Gasteiger partial charge in [0.25, 0.3) is 5.91 Å². The van der Waals surface area contributed by atoms with Crippen molar-refractivity contribution in [2.45, 2.75) is 26.3 Å². The fraction of sp³-hybridized carbons (Fsp3) is 0.353. The molecular weight excluding hydrogens is 340 g/mol. The molecule has 3 rings (SSSR count). The second kappa shape index (κ2) is 6.79. The van der Waals surface area contributed by atoms with Crippen molar-refractivity contribution in [1.29, 1.82) is 0 Å². The number of carbonyl (C=O) groups excluding carboxylic acids is 1. The van der Waals surface area contributed by atoms with E-state index in [4.69, 9.17) is 0 Å². The molecule has 1 amide bonds. The Kier molecular flexibility index (Phi) is 4.71. The molecule has 0 saturated carbocycles. The van der Waals surface area contributed by atoms with E-state index >= 15 is 0 Å². The number of carbonyl (C=O) groups is 1. The molecule has 132 valence electrons. The summed E-state index contributed by atoms with van der Waals surface area (Å²) in [6.07, 6.45) is 0.461. The van der Waals surface area contributed by atoms with Crippen LogP contribution in [-0.2, 0) is 9.84 Å². The van der Waals surface area contributed by atoms with Gasteiger partial charge in [-0.3, -0.25) is 4.79 Å². The zero-order valence-electron chi connectivity index (χ0n) is 14.1. The van der Waals surface area contributed by atoms with Gasteiger partial charge in [0.1, 0.15) is 0 Å². The second-order valence-electron chi connectivity index (χ2n) is 6.25. The highest BCUT2D eigenvalue weighted by Gasteiger charge is 2.29. The number of hydrogen-bond acceptors (Lipinski definition) is 6. The molecule has 1 atom stereocenters. The maximum Gasteiger partial charge on any atom is 0.251 e. The zero-order valence-corrected chi connectivity index (χ0v) is 14.9. The maximum absolute atomic E-state index is 12.4. The van der Waals surface area contributed by atoms with Gasteiger partial charge in [-0.25, -0.2) is 18.4 Å². The minimum atomic E-state index is -3.02. The number of rotatable bonds is 4. The van der Waals surface area contributed by atoms with Crippen molar-refractivity contribution in [1.82, 2.24) is 15.3 Å². The molecule has 0 bridgehead atoms. The summed E-state index contributed by atoms with van der Waals surface area (Å²) in [4.78, 5) is 21.0.